The minimum absolute atomic E-state index is 0.0227. The summed E-state index contributed by atoms with van der Waals surface area (Å²) in [5, 5.41) is 2.65. The van der Waals surface area contributed by atoms with E-state index in [2.05, 4.69) is 10.1 Å². The highest BCUT2D eigenvalue weighted by atomic mass is 35.5. The van der Waals surface area contributed by atoms with Gasteiger partial charge in [-0.3, -0.25) is 9.69 Å². The first-order valence-electron chi connectivity index (χ1n) is 9.98. The maximum Gasteiger partial charge on any atom is 0.373 e. The van der Waals surface area contributed by atoms with Crippen LogP contribution in [0.2, 0.25) is 10.0 Å². The molecule has 2 heterocycles. The summed E-state index contributed by atoms with van der Waals surface area (Å²) in [5.41, 5.74) is 0.382. The van der Waals surface area contributed by atoms with Crippen LogP contribution in [0.25, 0.3) is 6.08 Å². The van der Waals surface area contributed by atoms with Crippen LogP contribution in [-0.2, 0) is 25.6 Å². The minimum atomic E-state index is -0.940. The van der Waals surface area contributed by atoms with Crippen LogP contribution in [0.3, 0.4) is 0 Å². The first-order chi connectivity index (χ1) is 16.1. The van der Waals surface area contributed by atoms with Crippen LogP contribution >= 0.6 is 23.2 Å². The third-order valence-electron chi connectivity index (χ3n) is 4.57. The lowest BCUT2D eigenvalue weighted by atomic mass is 10.1. The fourth-order valence-electron chi connectivity index (χ4n) is 2.97. The van der Waals surface area contributed by atoms with E-state index in [4.69, 9.17) is 37.1 Å². The Kier molecular flexibility index (Phi) is 7.85. The number of ether oxygens (including phenoxy) is 3. The summed E-state index contributed by atoms with van der Waals surface area (Å²) >= 11 is 12.5. The Morgan fingerprint density at radius 2 is 1.88 bits per heavy atom. The standard InChI is InChI=1S/C22H20Cl2N2O8/c1-4-32-20(28)11(2)33-18-14(23)7-12(8-15(18)24)9-16-19(27)26(22(30)25-16)10-13-5-6-17(34-13)21(29)31-3/h5-9,11H,4,10H2,1-3H3,(H,25,30)/b16-9-/t11-/m0/s1. The number of carbonyl (C=O) groups excluding carboxylic acids is 4. The van der Waals surface area contributed by atoms with Crippen molar-refractivity contribution in [3.8, 4) is 5.75 Å². The van der Waals surface area contributed by atoms with E-state index >= 15 is 0 Å². The molecule has 0 aliphatic carbocycles. The molecule has 3 amide bonds. The van der Waals surface area contributed by atoms with Crippen LogP contribution < -0.4 is 10.1 Å². The zero-order valence-electron chi connectivity index (χ0n) is 18.3. The minimum Gasteiger partial charge on any atom is -0.476 e. The number of nitrogens with one attached hydrogen (secondary N) is 1. The van der Waals surface area contributed by atoms with E-state index in [1.165, 1.54) is 44.4 Å². The van der Waals surface area contributed by atoms with Crippen molar-refractivity contribution in [3.63, 3.8) is 0 Å². The SMILES string of the molecule is CCOC(=O)[C@H](C)Oc1c(Cl)cc(/C=C2\NC(=O)N(Cc3ccc(C(=O)OC)o3)C2=O)cc1Cl. The number of methoxy groups -OCH3 is 1. The molecule has 1 fully saturated rings. The number of carbonyl (C=O) groups is 4. The topological polar surface area (TPSA) is 124 Å². The van der Waals surface area contributed by atoms with E-state index in [0.717, 1.165) is 4.90 Å². The van der Waals surface area contributed by atoms with Crippen LogP contribution in [0.5, 0.6) is 5.75 Å². The molecule has 12 heteroatoms. The van der Waals surface area contributed by atoms with Crippen molar-refractivity contribution in [2.75, 3.05) is 13.7 Å². The number of imide groups is 1. The van der Waals surface area contributed by atoms with Gasteiger partial charge < -0.3 is 23.9 Å². The molecule has 1 aromatic heterocycles. The molecule has 0 bridgehead atoms. The molecule has 1 N–H and O–H groups in total. The zero-order valence-corrected chi connectivity index (χ0v) is 19.9. The van der Waals surface area contributed by atoms with Gasteiger partial charge in [-0.15, -0.1) is 0 Å². The van der Waals surface area contributed by atoms with E-state index in [1.807, 2.05) is 0 Å². The number of furan rings is 1. The molecule has 1 aromatic carbocycles. The van der Waals surface area contributed by atoms with E-state index < -0.39 is 30.0 Å². The van der Waals surface area contributed by atoms with E-state index in [-0.39, 0.29) is 46.2 Å². The number of esters is 2. The number of benzene rings is 1. The lowest BCUT2D eigenvalue weighted by Gasteiger charge is -2.16. The van der Waals surface area contributed by atoms with Gasteiger partial charge in [0.2, 0.25) is 5.76 Å². The third kappa shape index (κ3) is 5.52. The van der Waals surface area contributed by atoms with Gasteiger partial charge >= 0.3 is 18.0 Å². The second kappa shape index (κ2) is 10.6. The highest BCUT2D eigenvalue weighted by Crippen LogP contribution is 2.36. The number of halogens is 2. The largest absolute Gasteiger partial charge is 0.476 e. The van der Waals surface area contributed by atoms with Crippen molar-refractivity contribution in [3.05, 3.63) is 57.1 Å². The number of urea groups is 1. The molecule has 1 saturated heterocycles. The first-order valence-corrected chi connectivity index (χ1v) is 10.7. The monoisotopic (exact) mass is 510 g/mol. The van der Waals surface area contributed by atoms with Crippen LogP contribution in [-0.4, -0.2) is 48.6 Å². The van der Waals surface area contributed by atoms with Crippen LogP contribution in [0.15, 0.2) is 34.4 Å². The van der Waals surface area contributed by atoms with Crippen LogP contribution in [0, 0.1) is 0 Å². The summed E-state index contributed by atoms with van der Waals surface area (Å²) in [4.78, 5) is 49.3. The summed E-state index contributed by atoms with van der Waals surface area (Å²) in [6.07, 6.45) is 0.447. The van der Waals surface area contributed by atoms with Crippen LogP contribution in [0.1, 0.15) is 35.7 Å². The molecule has 0 unspecified atom stereocenters. The predicted molar refractivity (Wildman–Crippen MR) is 120 cm³/mol. The van der Waals surface area contributed by atoms with Gasteiger partial charge in [0, 0.05) is 0 Å². The van der Waals surface area contributed by atoms with Gasteiger partial charge in [-0.05, 0) is 49.8 Å². The molecule has 1 atom stereocenters. The van der Waals surface area contributed by atoms with Gasteiger partial charge in [-0.2, -0.15) is 0 Å². The summed E-state index contributed by atoms with van der Waals surface area (Å²) in [6.45, 7) is 3.17. The maximum atomic E-state index is 12.7. The molecule has 0 saturated carbocycles. The molecule has 0 spiro atoms. The predicted octanol–water partition coefficient (Wildman–Crippen LogP) is 3.80. The lowest BCUT2D eigenvalue weighted by molar-refractivity contribution is -0.150. The van der Waals surface area contributed by atoms with Gasteiger partial charge in [0.25, 0.3) is 5.91 Å². The molecule has 2 aromatic rings. The Morgan fingerprint density at radius 3 is 2.50 bits per heavy atom. The fourth-order valence-corrected chi connectivity index (χ4v) is 3.56. The Morgan fingerprint density at radius 1 is 1.21 bits per heavy atom. The molecular weight excluding hydrogens is 491 g/mol. The number of amides is 3. The zero-order chi connectivity index (χ0) is 25.0. The van der Waals surface area contributed by atoms with Gasteiger partial charge in [0.05, 0.1) is 30.3 Å². The Labute approximate surface area is 204 Å². The van der Waals surface area contributed by atoms with Crippen molar-refractivity contribution in [1.82, 2.24) is 10.2 Å². The van der Waals surface area contributed by atoms with E-state index in [1.54, 1.807) is 6.92 Å². The number of nitrogens with zero attached hydrogens (tertiary/aromatic N) is 1. The van der Waals surface area contributed by atoms with E-state index in [9.17, 15) is 19.2 Å². The summed E-state index contributed by atoms with van der Waals surface area (Å²) in [6, 6.07) is 5.10. The van der Waals surface area contributed by atoms with Gasteiger partial charge in [-0.25, -0.2) is 14.4 Å². The van der Waals surface area contributed by atoms with Gasteiger partial charge in [0.1, 0.15) is 11.5 Å². The van der Waals surface area contributed by atoms with Crippen LogP contribution in [0.4, 0.5) is 4.79 Å². The highest BCUT2D eigenvalue weighted by Gasteiger charge is 2.34. The molecule has 34 heavy (non-hydrogen) atoms. The van der Waals surface area contributed by atoms with Crippen molar-refractivity contribution in [2.24, 2.45) is 0 Å². The van der Waals surface area contributed by atoms with Crippen molar-refractivity contribution >= 4 is 53.2 Å². The second-order valence-corrected chi connectivity index (χ2v) is 7.78. The molecule has 0 radical (unpaired) electrons. The highest BCUT2D eigenvalue weighted by molar-refractivity contribution is 6.37. The second-order valence-electron chi connectivity index (χ2n) is 6.96. The van der Waals surface area contributed by atoms with Gasteiger partial charge in [0.15, 0.2) is 11.9 Å². The molecule has 10 nitrogen and oxygen atoms in total. The number of rotatable bonds is 8. The maximum absolute atomic E-state index is 12.7. The molecule has 180 valence electrons. The Balaban J connectivity index is 1.76. The quantitative estimate of drug-likeness (QED) is 0.323. The summed E-state index contributed by atoms with van der Waals surface area (Å²) in [7, 11) is 1.21. The Hall–Kier alpha value is -3.50. The molecular formula is C22H20Cl2N2O8. The van der Waals surface area contributed by atoms with Gasteiger partial charge in [-0.1, -0.05) is 23.2 Å². The first kappa shape index (κ1) is 25.1. The number of hydrogen-bond acceptors (Lipinski definition) is 8. The average Bonchev–Trinajstić information content (AvgIpc) is 3.36. The molecule has 3 rings (SSSR count). The lowest BCUT2D eigenvalue weighted by Crippen LogP contribution is -2.30. The smallest absolute Gasteiger partial charge is 0.373 e. The number of hydrogen-bond donors (Lipinski definition) is 1. The normalized spacial score (nSPS) is 15.3. The third-order valence-corrected chi connectivity index (χ3v) is 5.13. The Bertz CT molecular complexity index is 1150. The van der Waals surface area contributed by atoms with Crippen molar-refractivity contribution in [1.29, 1.82) is 0 Å². The van der Waals surface area contributed by atoms with Crippen molar-refractivity contribution < 1.29 is 37.8 Å². The average molecular weight is 511 g/mol. The van der Waals surface area contributed by atoms with Crippen molar-refractivity contribution in [2.45, 2.75) is 26.5 Å². The van der Waals surface area contributed by atoms with E-state index in [0.29, 0.717) is 5.56 Å². The summed E-state index contributed by atoms with van der Waals surface area (Å²) < 4.78 is 20.3. The molecule has 1 aliphatic rings. The molecule has 1 aliphatic heterocycles. The summed E-state index contributed by atoms with van der Waals surface area (Å²) in [5.74, 6) is -1.63. The fraction of sp³-hybridized carbons (Fsp3) is 0.273.